The highest BCUT2D eigenvalue weighted by atomic mass is 16.7. The topological polar surface area (TPSA) is 61.6 Å². The second-order valence-electron chi connectivity index (χ2n) is 3.45. The Morgan fingerprint density at radius 1 is 1.47 bits per heavy atom. The molecule has 2 N–H and O–H groups in total. The van der Waals surface area contributed by atoms with Gasteiger partial charge in [0.1, 0.15) is 0 Å². The van der Waals surface area contributed by atoms with Crippen LogP contribution in [0.5, 0.6) is 11.5 Å². The molecule has 0 bridgehead atoms. The van der Waals surface area contributed by atoms with Gasteiger partial charge in [0, 0.05) is 5.56 Å². The van der Waals surface area contributed by atoms with Crippen molar-refractivity contribution in [3.63, 3.8) is 0 Å². The van der Waals surface area contributed by atoms with E-state index in [1.54, 1.807) is 18.2 Å². The van der Waals surface area contributed by atoms with E-state index in [1.165, 1.54) is 0 Å². The van der Waals surface area contributed by atoms with E-state index in [-0.39, 0.29) is 12.6 Å². The predicted octanol–water partition coefficient (Wildman–Crippen LogP) is 1.34. The van der Waals surface area contributed by atoms with Gasteiger partial charge in [-0.3, -0.25) is 4.79 Å². The first-order chi connectivity index (χ1) is 7.22. The highest BCUT2D eigenvalue weighted by Crippen LogP contribution is 2.32. The van der Waals surface area contributed by atoms with Gasteiger partial charge in [-0.2, -0.15) is 0 Å². The first kappa shape index (κ1) is 9.98. The number of hydrogen-bond acceptors (Lipinski definition) is 4. The Hall–Kier alpha value is -1.55. The van der Waals surface area contributed by atoms with Crippen molar-refractivity contribution in [2.75, 3.05) is 6.79 Å². The number of ether oxygens (including phenoxy) is 2. The number of benzene rings is 1. The molecule has 1 aliphatic heterocycles. The van der Waals surface area contributed by atoms with Crippen molar-refractivity contribution in [3.8, 4) is 11.5 Å². The molecule has 0 radical (unpaired) electrons. The summed E-state index contributed by atoms with van der Waals surface area (Å²) < 4.78 is 10.3. The van der Waals surface area contributed by atoms with Crippen LogP contribution in [0.4, 0.5) is 0 Å². The molecule has 1 aliphatic rings. The van der Waals surface area contributed by atoms with Crippen LogP contribution in [0, 0.1) is 0 Å². The Labute approximate surface area is 88.0 Å². The van der Waals surface area contributed by atoms with Crippen LogP contribution in [-0.4, -0.2) is 18.6 Å². The zero-order valence-corrected chi connectivity index (χ0v) is 8.53. The van der Waals surface area contributed by atoms with Crippen molar-refractivity contribution < 1.29 is 14.3 Å². The highest BCUT2D eigenvalue weighted by Gasteiger charge is 2.18. The second-order valence-corrected chi connectivity index (χ2v) is 3.45. The molecule has 0 aromatic heterocycles. The lowest BCUT2D eigenvalue weighted by Gasteiger charge is -2.07. The summed E-state index contributed by atoms with van der Waals surface area (Å²) in [5, 5.41) is 0. The van der Waals surface area contributed by atoms with Gasteiger partial charge in [-0.1, -0.05) is 6.92 Å². The summed E-state index contributed by atoms with van der Waals surface area (Å²) in [5.74, 6) is 1.23. The Morgan fingerprint density at radius 3 is 2.93 bits per heavy atom. The normalized spacial score (nSPS) is 15.1. The summed E-state index contributed by atoms with van der Waals surface area (Å²) in [4.78, 5) is 11.8. The lowest BCUT2D eigenvalue weighted by Crippen LogP contribution is -2.29. The zero-order valence-electron chi connectivity index (χ0n) is 8.53. The molecule has 0 amide bonds. The Balaban J connectivity index is 2.26. The molecule has 1 atom stereocenters. The predicted molar refractivity (Wildman–Crippen MR) is 55.2 cm³/mol. The van der Waals surface area contributed by atoms with E-state index in [9.17, 15) is 4.79 Å². The Kier molecular flexibility index (Phi) is 2.60. The molecule has 1 aromatic rings. The summed E-state index contributed by atoms with van der Waals surface area (Å²) in [6.07, 6.45) is 0.632. The largest absolute Gasteiger partial charge is 0.454 e. The van der Waals surface area contributed by atoms with E-state index in [0.717, 1.165) is 0 Å². The van der Waals surface area contributed by atoms with Gasteiger partial charge in [-0.25, -0.2) is 0 Å². The van der Waals surface area contributed by atoms with Gasteiger partial charge in [-0.05, 0) is 24.6 Å². The van der Waals surface area contributed by atoms with E-state index in [2.05, 4.69) is 0 Å². The van der Waals surface area contributed by atoms with Crippen LogP contribution < -0.4 is 15.2 Å². The smallest absolute Gasteiger partial charge is 0.231 e. The van der Waals surface area contributed by atoms with Crippen molar-refractivity contribution in [3.05, 3.63) is 23.8 Å². The summed E-state index contributed by atoms with van der Waals surface area (Å²) in [6.45, 7) is 2.10. The van der Waals surface area contributed by atoms with Gasteiger partial charge in [0.25, 0.3) is 0 Å². The van der Waals surface area contributed by atoms with Crippen molar-refractivity contribution >= 4 is 5.78 Å². The third kappa shape index (κ3) is 1.80. The number of hydrogen-bond donors (Lipinski definition) is 1. The third-order valence-corrected chi connectivity index (χ3v) is 2.43. The van der Waals surface area contributed by atoms with Crippen LogP contribution in [0.2, 0.25) is 0 Å². The van der Waals surface area contributed by atoms with Crippen molar-refractivity contribution in [2.24, 2.45) is 5.73 Å². The molecule has 4 nitrogen and oxygen atoms in total. The van der Waals surface area contributed by atoms with Crippen LogP contribution in [-0.2, 0) is 0 Å². The second kappa shape index (κ2) is 3.90. The highest BCUT2D eigenvalue weighted by molar-refractivity contribution is 6.00. The van der Waals surface area contributed by atoms with Crippen molar-refractivity contribution in [1.29, 1.82) is 0 Å². The van der Waals surface area contributed by atoms with E-state index < -0.39 is 6.04 Å². The Morgan fingerprint density at radius 2 is 2.20 bits per heavy atom. The Bertz CT molecular complexity index is 389. The van der Waals surface area contributed by atoms with Crippen molar-refractivity contribution in [1.82, 2.24) is 0 Å². The fourth-order valence-electron chi connectivity index (χ4n) is 1.45. The minimum absolute atomic E-state index is 0.0594. The van der Waals surface area contributed by atoms with Gasteiger partial charge in [0.2, 0.25) is 6.79 Å². The maximum absolute atomic E-state index is 11.8. The van der Waals surface area contributed by atoms with Gasteiger partial charge >= 0.3 is 0 Å². The SMILES string of the molecule is CCC(N)C(=O)c1ccc2c(c1)OCO2. The molecule has 1 heterocycles. The monoisotopic (exact) mass is 207 g/mol. The quantitative estimate of drug-likeness (QED) is 0.759. The molecule has 0 saturated carbocycles. The van der Waals surface area contributed by atoms with Gasteiger partial charge in [-0.15, -0.1) is 0 Å². The summed E-state index contributed by atoms with van der Waals surface area (Å²) >= 11 is 0. The number of Topliss-reactive ketones (excluding diaryl/α,β-unsaturated/α-hetero) is 1. The minimum atomic E-state index is -0.439. The van der Waals surface area contributed by atoms with E-state index in [4.69, 9.17) is 15.2 Å². The lowest BCUT2D eigenvalue weighted by atomic mass is 10.0. The maximum Gasteiger partial charge on any atom is 0.231 e. The van der Waals surface area contributed by atoms with Gasteiger partial charge < -0.3 is 15.2 Å². The fourth-order valence-corrected chi connectivity index (χ4v) is 1.45. The molecule has 0 saturated heterocycles. The van der Waals surface area contributed by atoms with Crippen LogP contribution in [0.25, 0.3) is 0 Å². The van der Waals surface area contributed by atoms with Crippen LogP contribution in [0.15, 0.2) is 18.2 Å². The molecule has 80 valence electrons. The number of carbonyl (C=O) groups is 1. The molecule has 0 aliphatic carbocycles. The van der Waals surface area contributed by atoms with Crippen LogP contribution in [0.3, 0.4) is 0 Å². The van der Waals surface area contributed by atoms with Gasteiger partial charge in [0.05, 0.1) is 6.04 Å². The average molecular weight is 207 g/mol. The summed E-state index contributed by atoms with van der Waals surface area (Å²) in [6, 6.07) is 4.69. The number of carbonyl (C=O) groups excluding carboxylic acids is 1. The van der Waals surface area contributed by atoms with E-state index >= 15 is 0 Å². The molecule has 4 heteroatoms. The number of ketones is 1. The molecule has 0 spiro atoms. The first-order valence-corrected chi connectivity index (χ1v) is 4.92. The molecule has 0 fully saturated rings. The first-order valence-electron chi connectivity index (χ1n) is 4.92. The lowest BCUT2D eigenvalue weighted by molar-refractivity contribution is 0.0959. The van der Waals surface area contributed by atoms with Crippen LogP contribution >= 0.6 is 0 Å². The number of nitrogens with two attached hydrogens (primary N) is 1. The third-order valence-electron chi connectivity index (χ3n) is 2.43. The molecule has 2 rings (SSSR count). The number of fused-ring (bicyclic) bond motifs is 1. The van der Waals surface area contributed by atoms with E-state index in [1.807, 2.05) is 6.92 Å². The molecular formula is C11H13NO3. The zero-order chi connectivity index (χ0) is 10.8. The minimum Gasteiger partial charge on any atom is -0.454 e. The van der Waals surface area contributed by atoms with Crippen LogP contribution in [0.1, 0.15) is 23.7 Å². The number of rotatable bonds is 3. The maximum atomic E-state index is 11.8. The molecule has 1 aromatic carbocycles. The molecular weight excluding hydrogens is 194 g/mol. The molecule has 15 heavy (non-hydrogen) atoms. The summed E-state index contributed by atoms with van der Waals surface area (Å²) in [7, 11) is 0. The fraction of sp³-hybridized carbons (Fsp3) is 0.364. The summed E-state index contributed by atoms with van der Waals surface area (Å²) in [5.41, 5.74) is 6.25. The standard InChI is InChI=1S/C11H13NO3/c1-2-8(12)11(13)7-3-4-9-10(5-7)15-6-14-9/h3-5,8H,2,6,12H2,1H3. The van der Waals surface area contributed by atoms with Crippen molar-refractivity contribution in [2.45, 2.75) is 19.4 Å². The van der Waals surface area contributed by atoms with Gasteiger partial charge in [0.15, 0.2) is 17.3 Å². The molecule has 1 unspecified atom stereocenters. The average Bonchev–Trinajstić information content (AvgIpc) is 2.73. The van der Waals surface area contributed by atoms with E-state index in [0.29, 0.717) is 23.5 Å².